The van der Waals surface area contributed by atoms with Crippen LogP contribution in [0.4, 0.5) is 13.2 Å². The van der Waals surface area contributed by atoms with Gasteiger partial charge < -0.3 is 0 Å². The van der Waals surface area contributed by atoms with Crippen molar-refractivity contribution in [2.75, 3.05) is 7.05 Å². The van der Waals surface area contributed by atoms with Gasteiger partial charge in [-0.25, -0.2) is 19.0 Å². The molecule has 0 amide bonds. The van der Waals surface area contributed by atoms with Crippen molar-refractivity contribution in [2.45, 2.75) is 13.1 Å². The zero-order valence-electron chi connectivity index (χ0n) is 15.6. The fourth-order valence-corrected chi connectivity index (χ4v) is 2.89. The number of hydrogen-bond donors (Lipinski definition) is 0. The second-order valence-corrected chi connectivity index (χ2v) is 6.65. The molecule has 0 radical (unpaired) electrons. The van der Waals surface area contributed by atoms with Crippen molar-refractivity contribution in [1.82, 2.24) is 9.13 Å². The minimum Gasteiger partial charge on any atom is -0.292 e. The number of hydrogen-bond acceptors (Lipinski definition) is 7. The lowest BCUT2D eigenvalue weighted by molar-refractivity contribution is -1.09. The van der Waals surface area contributed by atoms with Crippen LogP contribution >= 0.6 is 11.6 Å². The van der Waals surface area contributed by atoms with Gasteiger partial charge >= 0.3 is 17.8 Å². The monoisotopic (exact) mass is 445 g/mol. The first-order valence-electron chi connectivity index (χ1n) is 8.13. The van der Waals surface area contributed by atoms with E-state index in [4.69, 9.17) is 16.4 Å². The average molecular weight is 446 g/mol. The number of carbonyl (C=O) groups is 1. The number of halogens is 4. The lowest BCUT2D eigenvalue weighted by atomic mass is 10.2. The number of benzene rings is 1. The largest absolute Gasteiger partial charge is 0.431 e. The highest BCUT2D eigenvalue weighted by Crippen LogP contribution is 2.28. The summed E-state index contributed by atoms with van der Waals surface area (Å²) in [6.07, 6.45) is -4.88. The van der Waals surface area contributed by atoms with Gasteiger partial charge in [-0.2, -0.15) is 13.2 Å². The highest BCUT2D eigenvalue weighted by Gasteiger charge is 2.36. The minimum absolute atomic E-state index is 0.0692. The SMILES string of the molecule is CC(=O)O[N+]1(C)N=NC(c2cc(-n3c(=O)cc(C(F)(F)F)n(C)c3=O)ccc2Cl)=N1. The van der Waals surface area contributed by atoms with Crippen LogP contribution in [0.15, 0.2) is 49.3 Å². The van der Waals surface area contributed by atoms with Crippen LogP contribution in [0.1, 0.15) is 18.2 Å². The van der Waals surface area contributed by atoms with Crippen molar-refractivity contribution in [3.05, 3.63) is 61.4 Å². The molecule has 14 heteroatoms. The predicted molar refractivity (Wildman–Crippen MR) is 96.6 cm³/mol. The van der Waals surface area contributed by atoms with E-state index in [-0.39, 0.29) is 22.1 Å². The molecule has 0 N–H and O–H groups in total. The van der Waals surface area contributed by atoms with Gasteiger partial charge in [0.05, 0.1) is 10.7 Å². The molecule has 3 rings (SSSR count). The Balaban J connectivity index is 2.15. The molecule has 0 bridgehead atoms. The average Bonchev–Trinajstić information content (AvgIpc) is 2.99. The van der Waals surface area contributed by atoms with Crippen molar-refractivity contribution < 1.29 is 27.7 Å². The molecule has 10 nitrogen and oxygen atoms in total. The standard InChI is InChI=1S/C16H13ClF3N6O4/c1-8(27)30-26(3)22-14(21-23-26)10-6-9(4-5-11(10)17)25-13(28)7-12(16(18,19)20)24(2)15(25)29/h4-7H,1-3H3/q+1. The van der Waals surface area contributed by atoms with E-state index in [0.29, 0.717) is 15.2 Å². The van der Waals surface area contributed by atoms with Gasteiger partial charge in [-0.15, -0.1) is 0 Å². The minimum atomic E-state index is -4.88. The molecule has 0 aliphatic carbocycles. The third kappa shape index (κ3) is 3.89. The first-order chi connectivity index (χ1) is 13.8. The summed E-state index contributed by atoms with van der Waals surface area (Å²) in [6.45, 7) is 1.15. The van der Waals surface area contributed by atoms with Gasteiger partial charge in [-0.3, -0.25) is 9.36 Å². The summed E-state index contributed by atoms with van der Waals surface area (Å²) in [5.74, 6) is -0.761. The number of aromatic nitrogens is 2. The Morgan fingerprint density at radius 2 is 1.90 bits per heavy atom. The van der Waals surface area contributed by atoms with Gasteiger partial charge in [0.1, 0.15) is 15.8 Å². The number of nitrogens with zero attached hydrogens (tertiary/aromatic N) is 6. The van der Waals surface area contributed by atoms with E-state index in [1.807, 2.05) is 0 Å². The van der Waals surface area contributed by atoms with Gasteiger partial charge in [0.25, 0.3) is 11.4 Å². The molecule has 2 heterocycles. The van der Waals surface area contributed by atoms with Crippen LogP contribution in [0.25, 0.3) is 5.69 Å². The number of hydroxylamine groups is 1. The Labute approximate surface area is 170 Å². The summed E-state index contributed by atoms with van der Waals surface area (Å²) in [7, 11) is 2.21. The lowest BCUT2D eigenvalue weighted by Crippen LogP contribution is -2.40. The summed E-state index contributed by atoms with van der Waals surface area (Å²) in [5, 5.41) is 11.6. The number of rotatable bonds is 3. The van der Waals surface area contributed by atoms with Gasteiger partial charge in [-0.1, -0.05) is 16.7 Å². The summed E-state index contributed by atoms with van der Waals surface area (Å²) in [6, 6.07) is 4.13. The van der Waals surface area contributed by atoms with Gasteiger partial charge in [-0.05, 0) is 18.2 Å². The van der Waals surface area contributed by atoms with Crippen molar-refractivity contribution in [2.24, 2.45) is 22.5 Å². The quantitative estimate of drug-likeness (QED) is 0.675. The van der Waals surface area contributed by atoms with Crippen LogP contribution in [0.3, 0.4) is 0 Å². The number of amidine groups is 1. The Kier molecular flexibility index (Phi) is 5.12. The molecule has 2 aromatic rings. The van der Waals surface area contributed by atoms with E-state index < -0.39 is 34.0 Å². The fourth-order valence-electron chi connectivity index (χ4n) is 2.69. The van der Waals surface area contributed by atoms with E-state index in [1.54, 1.807) is 0 Å². The predicted octanol–water partition coefficient (Wildman–Crippen LogP) is 2.18. The summed E-state index contributed by atoms with van der Waals surface area (Å²) < 4.78 is 39.9. The maximum absolute atomic E-state index is 13.0. The van der Waals surface area contributed by atoms with Crippen molar-refractivity contribution in [3.63, 3.8) is 0 Å². The number of alkyl halides is 3. The summed E-state index contributed by atoms with van der Waals surface area (Å²) >= 11 is 6.14. The molecular formula is C16H13ClF3N6O4+. The topological polar surface area (TPSA) is 107 Å². The normalized spacial score (nSPS) is 18.4. The van der Waals surface area contributed by atoms with Crippen molar-refractivity contribution in [3.8, 4) is 5.69 Å². The zero-order valence-corrected chi connectivity index (χ0v) is 16.4. The highest BCUT2D eigenvalue weighted by molar-refractivity contribution is 6.34. The van der Waals surface area contributed by atoms with E-state index >= 15 is 0 Å². The van der Waals surface area contributed by atoms with E-state index in [0.717, 1.165) is 14.0 Å². The Bertz CT molecular complexity index is 1230. The molecule has 0 spiro atoms. The fraction of sp³-hybridized carbons (Fsp3) is 0.250. The van der Waals surface area contributed by atoms with E-state index in [1.165, 1.54) is 25.2 Å². The van der Waals surface area contributed by atoms with Crippen molar-refractivity contribution in [1.29, 1.82) is 0 Å². The van der Waals surface area contributed by atoms with E-state index in [2.05, 4.69) is 15.4 Å². The smallest absolute Gasteiger partial charge is 0.292 e. The molecule has 1 aromatic carbocycles. The van der Waals surface area contributed by atoms with Crippen LogP contribution in [0, 0.1) is 0 Å². The third-order valence-corrected chi connectivity index (χ3v) is 4.28. The van der Waals surface area contributed by atoms with Crippen LogP contribution < -0.4 is 11.2 Å². The Morgan fingerprint density at radius 3 is 2.50 bits per heavy atom. The molecule has 0 saturated heterocycles. The molecule has 0 fully saturated rings. The van der Waals surface area contributed by atoms with E-state index in [9.17, 15) is 27.6 Å². The molecule has 1 aromatic heterocycles. The van der Waals surface area contributed by atoms with Gasteiger partial charge in [0.15, 0.2) is 7.05 Å². The Hall–Kier alpha value is -3.32. The second-order valence-electron chi connectivity index (χ2n) is 6.24. The summed E-state index contributed by atoms with van der Waals surface area (Å²) in [4.78, 5) is 39.9. The molecule has 1 unspecified atom stereocenters. The first-order valence-corrected chi connectivity index (χ1v) is 8.51. The maximum atomic E-state index is 13.0. The second kappa shape index (κ2) is 7.18. The molecule has 1 aliphatic heterocycles. The van der Waals surface area contributed by atoms with Gasteiger partial charge in [0.2, 0.25) is 0 Å². The molecule has 1 atom stereocenters. The van der Waals surface area contributed by atoms with Gasteiger partial charge in [0, 0.05) is 30.7 Å². The molecule has 158 valence electrons. The van der Waals surface area contributed by atoms with Crippen LogP contribution in [0.2, 0.25) is 5.02 Å². The van der Waals surface area contributed by atoms with Crippen LogP contribution in [0.5, 0.6) is 0 Å². The number of carbonyl (C=O) groups excluding carboxylic acids is 1. The first kappa shape index (κ1) is 21.4. The lowest BCUT2D eigenvalue weighted by Gasteiger charge is -2.14. The van der Waals surface area contributed by atoms with Crippen molar-refractivity contribution >= 4 is 23.4 Å². The summed E-state index contributed by atoms with van der Waals surface area (Å²) in [5.41, 5.74) is -3.74. The number of quaternary nitrogens is 1. The van der Waals surface area contributed by atoms with Crippen LogP contribution in [-0.2, 0) is 22.9 Å². The highest BCUT2D eigenvalue weighted by atomic mass is 35.5. The molecule has 0 saturated carbocycles. The van der Waals surface area contributed by atoms with Crippen LogP contribution in [-0.4, -0.2) is 32.9 Å². The molecular weight excluding hydrogens is 433 g/mol. The zero-order chi connectivity index (χ0) is 22.4. The maximum Gasteiger partial charge on any atom is 0.431 e. The molecule has 30 heavy (non-hydrogen) atoms. The molecule has 1 aliphatic rings. The third-order valence-electron chi connectivity index (χ3n) is 3.95. The Morgan fingerprint density at radius 1 is 1.23 bits per heavy atom.